The van der Waals surface area contributed by atoms with Crippen LogP contribution in [0.25, 0.3) is 22.1 Å². The molecule has 2 aromatic heterocycles. The number of aromatic amines is 1. The van der Waals surface area contributed by atoms with Gasteiger partial charge in [0.15, 0.2) is 10.7 Å². The number of nitrogens with one attached hydrogen (secondary N) is 3. The molecule has 0 atom stereocenters. The number of fused-ring (bicyclic) bond motifs is 2. The molecule has 3 N–H and O–H groups in total. The molecule has 11 nitrogen and oxygen atoms in total. The number of aromatic nitrogens is 3. The molecule has 0 saturated carbocycles. The lowest BCUT2D eigenvalue weighted by Crippen LogP contribution is -2.43. The summed E-state index contributed by atoms with van der Waals surface area (Å²) in [5.74, 6) is -0.846. The van der Waals surface area contributed by atoms with E-state index in [1.807, 2.05) is 18.2 Å². The Balaban J connectivity index is 1.22. The smallest absolute Gasteiger partial charge is 0.271 e. The molecule has 158 valence electrons. The summed E-state index contributed by atoms with van der Waals surface area (Å²) in [6, 6.07) is 11.5. The van der Waals surface area contributed by atoms with E-state index in [1.165, 1.54) is 18.2 Å². The zero-order chi connectivity index (χ0) is 21.8. The van der Waals surface area contributed by atoms with E-state index in [2.05, 4.69) is 25.8 Å². The third-order valence-corrected chi connectivity index (χ3v) is 5.64. The molecular formula is C18H14N6O5S2. The summed E-state index contributed by atoms with van der Waals surface area (Å²) < 4.78 is 5.51. The molecule has 4 aromatic rings. The fourth-order valence-electron chi connectivity index (χ4n) is 2.54. The number of oxazole rings is 1. The SMILES string of the molecule is O=C(CSc1nc2ccc([N+](=O)[O-])cc2[nH]1)NNC(=O)CSc1nc2ccccc2o1. The number of H-pyrrole nitrogens is 1. The van der Waals surface area contributed by atoms with Crippen LogP contribution in [0, 0.1) is 10.1 Å². The van der Waals surface area contributed by atoms with Gasteiger partial charge in [-0.3, -0.25) is 30.6 Å². The van der Waals surface area contributed by atoms with E-state index in [-0.39, 0.29) is 17.2 Å². The van der Waals surface area contributed by atoms with Crippen LogP contribution >= 0.6 is 23.5 Å². The summed E-state index contributed by atoms with van der Waals surface area (Å²) in [4.78, 5) is 45.6. The van der Waals surface area contributed by atoms with Crippen LogP contribution in [0.3, 0.4) is 0 Å². The van der Waals surface area contributed by atoms with Crippen LogP contribution in [0.5, 0.6) is 0 Å². The Morgan fingerprint density at radius 1 is 1.03 bits per heavy atom. The predicted molar refractivity (Wildman–Crippen MR) is 114 cm³/mol. The van der Waals surface area contributed by atoms with E-state index in [4.69, 9.17) is 4.42 Å². The lowest BCUT2D eigenvalue weighted by Gasteiger charge is -2.05. The molecule has 2 aromatic carbocycles. The Morgan fingerprint density at radius 3 is 2.52 bits per heavy atom. The Morgan fingerprint density at radius 2 is 1.77 bits per heavy atom. The van der Waals surface area contributed by atoms with Crippen LogP contribution in [0.2, 0.25) is 0 Å². The molecule has 0 saturated heterocycles. The topological polar surface area (TPSA) is 156 Å². The fourth-order valence-corrected chi connectivity index (χ4v) is 3.87. The number of rotatable bonds is 7. The quantitative estimate of drug-likeness (QED) is 0.215. The zero-order valence-electron chi connectivity index (χ0n) is 15.7. The van der Waals surface area contributed by atoms with E-state index in [0.717, 1.165) is 23.5 Å². The summed E-state index contributed by atoms with van der Waals surface area (Å²) in [7, 11) is 0. The summed E-state index contributed by atoms with van der Waals surface area (Å²) >= 11 is 2.22. The highest BCUT2D eigenvalue weighted by atomic mass is 32.2. The zero-order valence-corrected chi connectivity index (χ0v) is 17.3. The van der Waals surface area contributed by atoms with Crippen molar-refractivity contribution >= 4 is 63.2 Å². The molecule has 0 aliphatic carbocycles. The van der Waals surface area contributed by atoms with Crippen molar-refractivity contribution in [1.29, 1.82) is 0 Å². The minimum absolute atomic E-state index is 0.0134. The second-order valence-electron chi connectivity index (χ2n) is 6.12. The molecule has 13 heteroatoms. The van der Waals surface area contributed by atoms with Crippen LogP contribution < -0.4 is 10.9 Å². The van der Waals surface area contributed by atoms with Gasteiger partial charge in [0.25, 0.3) is 10.9 Å². The molecule has 0 fully saturated rings. The van der Waals surface area contributed by atoms with Crippen molar-refractivity contribution in [3.8, 4) is 0 Å². The summed E-state index contributed by atoms with van der Waals surface area (Å²) in [5.41, 5.74) is 6.98. The van der Waals surface area contributed by atoms with Crippen LogP contribution in [0.15, 0.2) is 57.3 Å². The van der Waals surface area contributed by atoms with Crippen LogP contribution in [-0.4, -0.2) is 43.2 Å². The number of non-ortho nitro benzene ring substituents is 1. The van der Waals surface area contributed by atoms with Crippen molar-refractivity contribution < 1.29 is 18.9 Å². The lowest BCUT2D eigenvalue weighted by atomic mass is 10.3. The number of hydrogen-bond acceptors (Lipinski definition) is 9. The average molecular weight is 458 g/mol. The first-order chi connectivity index (χ1) is 15.0. The Hall–Kier alpha value is -3.58. The Labute approximate surface area is 182 Å². The first kappa shape index (κ1) is 20.7. The van der Waals surface area contributed by atoms with Gasteiger partial charge < -0.3 is 9.40 Å². The Bertz CT molecular complexity index is 1250. The van der Waals surface area contributed by atoms with E-state index in [9.17, 15) is 19.7 Å². The third-order valence-electron chi connectivity index (χ3n) is 3.94. The standard InChI is InChI=1S/C18H14N6O5S2/c25-15(8-30-17-19-11-6-5-10(24(27)28)7-13(11)20-17)22-23-16(26)9-31-18-21-12-3-1-2-4-14(12)29-18/h1-7H,8-9H2,(H,19,20)(H,22,25)(H,23,26). The number of nitro groups is 1. The van der Waals surface area contributed by atoms with Gasteiger partial charge >= 0.3 is 0 Å². The summed E-state index contributed by atoms with van der Waals surface area (Å²) in [6.45, 7) is 0. The number of carbonyl (C=O) groups is 2. The highest BCUT2D eigenvalue weighted by Gasteiger charge is 2.13. The molecular weight excluding hydrogens is 444 g/mol. The molecule has 0 bridgehead atoms. The Kier molecular flexibility index (Phi) is 6.04. The van der Waals surface area contributed by atoms with Gasteiger partial charge in [0, 0.05) is 12.1 Å². The van der Waals surface area contributed by atoms with Crippen LogP contribution in [-0.2, 0) is 9.59 Å². The fraction of sp³-hybridized carbons (Fsp3) is 0.111. The van der Waals surface area contributed by atoms with Crippen molar-refractivity contribution in [3.63, 3.8) is 0 Å². The number of thioether (sulfide) groups is 2. The largest absolute Gasteiger partial charge is 0.431 e. The van der Waals surface area contributed by atoms with Gasteiger partial charge in [0.05, 0.1) is 27.5 Å². The van der Waals surface area contributed by atoms with Crippen molar-refractivity contribution in [2.75, 3.05) is 11.5 Å². The maximum absolute atomic E-state index is 12.0. The van der Waals surface area contributed by atoms with Crippen LogP contribution in [0.1, 0.15) is 0 Å². The molecule has 2 heterocycles. The highest BCUT2D eigenvalue weighted by Crippen LogP contribution is 2.24. The second kappa shape index (κ2) is 9.06. The number of nitrogens with zero attached hydrogens (tertiary/aromatic N) is 3. The number of amides is 2. The van der Waals surface area contributed by atoms with Gasteiger partial charge in [-0.2, -0.15) is 0 Å². The summed E-state index contributed by atoms with van der Waals surface area (Å²) in [5, 5.41) is 11.6. The first-order valence-corrected chi connectivity index (χ1v) is 10.8. The normalized spacial score (nSPS) is 11.0. The van der Waals surface area contributed by atoms with Gasteiger partial charge in [-0.15, -0.1) is 0 Å². The molecule has 0 spiro atoms. The van der Waals surface area contributed by atoms with E-state index in [1.54, 1.807) is 6.07 Å². The monoisotopic (exact) mass is 458 g/mol. The number of hydrogen-bond donors (Lipinski definition) is 3. The van der Waals surface area contributed by atoms with Gasteiger partial charge in [0.1, 0.15) is 5.52 Å². The third kappa shape index (κ3) is 5.13. The van der Waals surface area contributed by atoms with Gasteiger partial charge in [0.2, 0.25) is 11.8 Å². The maximum Gasteiger partial charge on any atom is 0.271 e. The van der Waals surface area contributed by atoms with E-state index >= 15 is 0 Å². The van der Waals surface area contributed by atoms with Gasteiger partial charge in [-0.25, -0.2) is 9.97 Å². The number of hydrazine groups is 1. The molecule has 0 aliphatic rings. The number of nitro benzene ring substituents is 1. The van der Waals surface area contributed by atoms with E-state index < -0.39 is 16.7 Å². The molecule has 2 amide bonds. The van der Waals surface area contributed by atoms with E-state index in [0.29, 0.717) is 32.5 Å². The minimum Gasteiger partial charge on any atom is -0.431 e. The molecule has 0 unspecified atom stereocenters. The van der Waals surface area contributed by atoms with Gasteiger partial charge in [-0.05, 0) is 18.2 Å². The van der Waals surface area contributed by atoms with Crippen molar-refractivity contribution in [1.82, 2.24) is 25.8 Å². The van der Waals surface area contributed by atoms with Crippen LogP contribution in [0.4, 0.5) is 5.69 Å². The average Bonchev–Trinajstić information content (AvgIpc) is 3.37. The second-order valence-corrected chi connectivity index (χ2v) is 8.01. The molecule has 31 heavy (non-hydrogen) atoms. The number of para-hydroxylation sites is 2. The van der Waals surface area contributed by atoms with Gasteiger partial charge in [-0.1, -0.05) is 35.7 Å². The predicted octanol–water partition coefficient (Wildman–Crippen LogP) is 2.64. The number of carbonyl (C=O) groups excluding carboxylic acids is 2. The molecule has 0 radical (unpaired) electrons. The first-order valence-electron chi connectivity index (χ1n) is 8.81. The number of benzene rings is 2. The maximum atomic E-state index is 12.0. The van der Waals surface area contributed by atoms with Crippen molar-refractivity contribution in [2.24, 2.45) is 0 Å². The minimum atomic E-state index is -0.494. The summed E-state index contributed by atoms with van der Waals surface area (Å²) in [6.07, 6.45) is 0. The van der Waals surface area contributed by atoms with Crippen molar-refractivity contribution in [3.05, 3.63) is 52.6 Å². The number of imidazole rings is 1. The highest BCUT2D eigenvalue weighted by molar-refractivity contribution is 8.00. The lowest BCUT2D eigenvalue weighted by molar-refractivity contribution is -0.384. The molecule has 0 aliphatic heterocycles. The van der Waals surface area contributed by atoms with Crippen molar-refractivity contribution in [2.45, 2.75) is 10.4 Å². The molecule has 4 rings (SSSR count).